The zero-order valence-corrected chi connectivity index (χ0v) is 14.3. The van der Waals surface area contributed by atoms with E-state index >= 15 is 0 Å². The average Bonchev–Trinajstić information content (AvgIpc) is 2.61. The molecule has 7 heteroatoms. The summed E-state index contributed by atoms with van der Waals surface area (Å²) in [5.74, 6) is -0.0674. The van der Waals surface area contributed by atoms with Crippen LogP contribution in [0.2, 0.25) is 0 Å². The summed E-state index contributed by atoms with van der Waals surface area (Å²) in [4.78, 5) is 18.3. The third kappa shape index (κ3) is 4.15. The summed E-state index contributed by atoms with van der Waals surface area (Å²) >= 11 is 0. The molecule has 0 saturated carbocycles. The van der Waals surface area contributed by atoms with Gasteiger partial charge in [-0.3, -0.25) is 4.79 Å². The minimum Gasteiger partial charge on any atom is -0.474 e. The van der Waals surface area contributed by atoms with E-state index in [1.54, 1.807) is 6.07 Å². The van der Waals surface area contributed by atoms with Crippen LogP contribution >= 0.6 is 0 Å². The number of amides is 1. The molecule has 1 aliphatic heterocycles. The molecule has 0 spiro atoms. The Morgan fingerprint density at radius 3 is 2.46 bits per heavy atom. The van der Waals surface area contributed by atoms with Crippen molar-refractivity contribution in [2.24, 2.45) is 0 Å². The Morgan fingerprint density at radius 2 is 1.81 bits per heavy atom. The fourth-order valence-electron chi connectivity index (χ4n) is 3.02. The van der Waals surface area contributed by atoms with Crippen LogP contribution in [0.3, 0.4) is 0 Å². The highest BCUT2D eigenvalue weighted by atomic mass is 19.4. The van der Waals surface area contributed by atoms with Crippen molar-refractivity contribution >= 4 is 5.91 Å². The Morgan fingerprint density at radius 1 is 1.12 bits per heavy atom. The number of piperidine rings is 1. The highest BCUT2D eigenvalue weighted by molar-refractivity contribution is 5.96. The summed E-state index contributed by atoms with van der Waals surface area (Å²) in [6.45, 7) is 2.56. The standard InChI is InChI=1S/C19H19F3N2O2/c1-13-5-4-8-17(23-13)26-14-9-11-24(12-10-14)18(25)15-6-2-3-7-16(15)19(20,21)22/h2-8,14H,9-12H2,1H3. The lowest BCUT2D eigenvalue weighted by Crippen LogP contribution is -2.42. The highest BCUT2D eigenvalue weighted by Gasteiger charge is 2.36. The van der Waals surface area contributed by atoms with Crippen LogP contribution in [0.15, 0.2) is 42.5 Å². The average molecular weight is 364 g/mol. The first kappa shape index (κ1) is 18.2. The van der Waals surface area contributed by atoms with E-state index in [9.17, 15) is 18.0 Å². The molecular weight excluding hydrogens is 345 g/mol. The van der Waals surface area contributed by atoms with Crippen LogP contribution in [0.5, 0.6) is 5.88 Å². The van der Waals surface area contributed by atoms with Gasteiger partial charge in [-0.05, 0) is 25.1 Å². The van der Waals surface area contributed by atoms with Gasteiger partial charge in [-0.25, -0.2) is 4.98 Å². The van der Waals surface area contributed by atoms with Gasteiger partial charge < -0.3 is 9.64 Å². The molecule has 1 fully saturated rings. The maximum absolute atomic E-state index is 13.1. The maximum atomic E-state index is 13.1. The summed E-state index contributed by atoms with van der Waals surface area (Å²) in [6, 6.07) is 10.4. The molecule has 1 aromatic heterocycles. The second-order valence-corrected chi connectivity index (χ2v) is 6.27. The van der Waals surface area contributed by atoms with Crippen molar-refractivity contribution in [2.45, 2.75) is 32.0 Å². The molecule has 138 valence electrons. The number of benzene rings is 1. The molecule has 0 atom stereocenters. The number of aromatic nitrogens is 1. The van der Waals surface area contributed by atoms with Crippen LogP contribution in [-0.2, 0) is 6.18 Å². The van der Waals surface area contributed by atoms with E-state index in [0.29, 0.717) is 31.8 Å². The second kappa shape index (κ2) is 7.35. The Balaban J connectivity index is 1.64. The molecule has 3 rings (SSSR count). The van der Waals surface area contributed by atoms with E-state index < -0.39 is 17.6 Å². The number of pyridine rings is 1. The summed E-state index contributed by atoms with van der Waals surface area (Å²) in [5.41, 5.74) is -0.356. The Bertz CT molecular complexity index is 784. The van der Waals surface area contributed by atoms with Crippen molar-refractivity contribution in [3.8, 4) is 5.88 Å². The molecular formula is C19H19F3N2O2. The fourth-order valence-corrected chi connectivity index (χ4v) is 3.02. The number of hydrogen-bond acceptors (Lipinski definition) is 3. The number of rotatable bonds is 3. The van der Waals surface area contributed by atoms with Gasteiger partial charge >= 0.3 is 6.18 Å². The van der Waals surface area contributed by atoms with E-state index in [4.69, 9.17) is 4.74 Å². The predicted octanol–water partition coefficient (Wildman–Crippen LogP) is 4.09. The van der Waals surface area contributed by atoms with Crippen LogP contribution in [0, 0.1) is 6.92 Å². The van der Waals surface area contributed by atoms with Gasteiger partial charge in [-0.1, -0.05) is 18.2 Å². The number of aryl methyl sites for hydroxylation is 1. The Labute approximate surface area is 149 Å². The normalized spacial score (nSPS) is 15.8. The van der Waals surface area contributed by atoms with Gasteiger partial charge in [0.25, 0.3) is 5.91 Å². The number of alkyl halides is 3. The molecule has 4 nitrogen and oxygen atoms in total. The minimum absolute atomic E-state index is 0.105. The molecule has 0 N–H and O–H groups in total. The summed E-state index contributed by atoms with van der Waals surface area (Å²) in [6.07, 6.45) is -3.55. The van der Waals surface area contributed by atoms with Gasteiger partial charge in [-0.15, -0.1) is 0 Å². The zero-order chi connectivity index (χ0) is 18.7. The number of carbonyl (C=O) groups excluding carboxylic acids is 1. The second-order valence-electron chi connectivity index (χ2n) is 6.27. The topological polar surface area (TPSA) is 42.4 Å². The van der Waals surface area contributed by atoms with Gasteiger partial charge in [0.2, 0.25) is 5.88 Å². The maximum Gasteiger partial charge on any atom is 0.417 e. The third-order valence-corrected chi connectivity index (χ3v) is 4.34. The molecule has 0 radical (unpaired) electrons. The van der Waals surface area contributed by atoms with E-state index in [1.165, 1.54) is 23.1 Å². The van der Waals surface area contributed by atoms with Crippen LogP contribution in [0.25, 0.3) is 0 Å². The molecule has 1 saturated heterocycles. The molecule has 0 aliphatic carbocycles. The van der Waals surface area contributed by atoms with Crippen molar-refractivity contribution in [3.63, 3.8) is 0 Å². The molecule has 0 bridgehead atoms. The molecule has 1 aromatic carbocycles. The van der Waals surface area contributed by atoms with Gasteiger partial charge in [0, 0.05) is 37.7 Å². The number of carbonyl (C=O) groups is 1. The first-order chi connectivity index (χ1) is 12.3. The summed E-state index contributed by atoms with van der Waals surface area (Å²) in [5, 5.41) is 0. The Hall–Kier alpha value is -2.57. The van der Waals surface area contributed by atoms with Gasteiger partial charge in [0.05, 0.1) is 11.1 Å². The van der Waals surface area contributed by atoms with Crippen LogP contribution < -0.4 is 4.74 Å². The quantitative estimate of drug-likeness (QED) is 0.824. The molecule has 1 amide bonds. The molecule has 2 heterocycles. The number of likely N-dealkylation sites (tertiary alicyclic amines) is 1. The predicted molar refractivity (Wildman–Crippen MR) is 90.0 cm³/mol. The lowest BCUT2D eigenvalue weighted by Gasteiger charge is -2.32. The highest BCUT2D eigenvalue weighted by Crippen LogP contribution is 2.32. The van der Waals surface area contributed by atoms with Gasteiger partial charge in [-0.2, -0.15) is 13.2 Å². The summed E-state index contributed by atoms with van der Waals surface area (Å²) in [7, 11) is 0. The third-order valence-electron chi connectivity index (χ3n) is 4.34. The molecule has 26 heavy (non-hydrogen) atoms. The zero-order valence-electron chi connectivity index (χ0n) is 14.3. The van der Waals surface area contributed by atoms with Gasteiger partial charge in [0.15, 0.2) is 0 Å². The van der Waals surface area contributed by atoms with Crippen molar-refractivity contribution in [1.29, 1.82) is 0 Å². The van der Waals surface area contributed by atoms with Crippen molar-refractivity contribution < 1.29 is 22.7 Å². The largest absolute Gasteiger partial charge is 0.474 e. The van der Waals surface area contributed by atoms with Crippen LogP contribution in [-0.4, -0.2) is 35.0 Å². The lowest BCUT2D eigenvalue weighted by atomic mass is 10.0. The first-order valence-electron chi connectivity index (χ1n) is 8.40. The Kier molecular flexibility index (Phi) is 5.15. The van der Waals surface area contributed by atoms with E-state index in [2.05, 4.69) is 4.98 Å². The van der Waals surface area contributed by atoms with E-state index in [-0.39, 0.29) is 11.7 Å². The number of halogens is 3. The van der Waals surface area contributed by atoms with Gasteiger partial charge in [0.1, 0.15) is 6.10 Å². The number of ether oxygens (including phenoxy) is 1. The molecule has 2 aromatic rings. The molecule has 0 unspecified atom stereocenters. The lowest BCUT2D eigenvalue weighted by molar-refractivity contribution is -0.138. The smallest absolute Gasteiger partial charge is 0.417 e. The van der Waals surface area contributed by atoms with Crippen LogP contribution in [0.1, 0.15) is 34.5 Å². The van der Waals surface area contributed by atoms with E-state index in [0.717, 1.165) is 11.8 Å². The van der Waals surface area contributed by atoms with Crippen molar-refractivity contribution in [3.05, 3.63) is 59.3 Å². The number of hydrogen-bond donors (Lipinski definition) is 0. The van der Waals surface area contributed by atoms with Crippen molar-refractivity contribution in [1.82, 2.24) is 9.88 Å². The van der Waals surface area contributed by atoms with E-state index in [1.807, 2.05) is 19.1 Å². The molecule has 1 aliphatic rings. The minimum atomic E-state index is -4.55. The van der Waals surface area contributed by atoms with Crippen molar-refractivity contribution in [2.75, 3.05) is 13.1 Å². The SMILES string of the molecule is Cc1cccc(OC2CCN(C(=O)c3ccccc3C(F)(F)F)CC2)n1. The monoisotopic (exact) mass is 364 g/mol. The number of nitrogens with zero attached hydrogens (tertiary/aromatic N) is 2. The fraction of sp³-hybridized carbons (Fsp3) is 0.368. The summed E-state index contributed by atoms with van der Waals surface area (Å²) < 4.78 is 45.2. The van der Waals surface area contributed by atoms with Crippen LogP contribution in [0.4, 0.5) is 13.2 Å². The first-order valence-corrected chi connectivity index (χ1v) is 8.40.